The maximum atomic E-state index is 14.3. The van der Waals surface area contributed by atoms with Crippen molar-refractivity contribution in [1.82, 2.24) is 19.8 Å². The van der Waals surface area contributed by atoms with Gasteiger partial charge in [0.2, 0.25) is 11.8 Å². The lowest BCUT2D eigenvalue weighted by atomic mass is 9.98. The van der Waals surface area contributed by atoms with E-state index in [4.69, 9.17) is 9.97 Å². The number of likely N-dealkylation sites (tertiary alicyclic amines) is 2. The molecule has 2 aromatic heterocycles. The van der Waals surface area contributed by atoms with E-state index in [1.165, 1.54) is 6.21 Å². The van der Waals surface area contributed by atoms with Crippen LogP contribution in [-0.2, 0) is 16.0 Å². The first-order valence-corrected chi connectivity index (χ1v) is 22.1. The highest BCUT2D eigenvalue weighted by Gasteiger charge is 2.36. The van der Waals surface area contributed by atoms with Crippen LogP contribution in [0.4, 0.5) is 0 Å². The third-order valence-corrected chi connectivity index (χ3v) is 13.7. The van der Waals surface area contributed by atoms with Gasteiger partial charge in [-0.2, -0.15) is 0 Å². The second-order valence-electron chi connectivity index (χ2n) is 15.2. The number of hydrogen-bond acceptors (Lipinski definition) is 7. The van der Waals surface area contributed by atoms with Crippen molar-refractivity contribution in [3.63, 3.8) is 0 Å². The van der Waals surface area contributed by atoms with Crippen molar-refractivity contribution in [2.45, 2.75) is 50.1 Å². The molecule has 0 saturated carbocycles. The van der Waals surface area contributed by atoms with Crippen LogP contribution in [0.1, 0.15) is 75.2 Å². The Balaban J connectivity index is 0.857. The van der Waals surface area contributed by atoms with E-state index in [0.29, 0.717) is 18.5 Å². The van der Waals surface area contributed by atoms with Gasteiger partial charge in [-0.3, -0.25) is 14.4 Å². The van der Waals surface area contributed by atoms with Gasteiger partial charge in [0.25, 0.3) is 5.91 Å². The van der Waals surface area contributed by atoms with Crippen LogP contribution >= 0.6 is 22.7 Å². The van der Waals surface area contributed by atoms with Gasteiger partial charge in [-0.05, 0) is 71.2 Å². The molecule has 0 aliphatic carbocycles. The van der Waals surface area contributed by atoms with Gasteiger partial charge in [0, 0.05) is 37.3 Å². The summed E-state index contributed by atoms with van der Waals surface area (Å²) < 4.78 is 0. The Kier molecular flexibility index (Phi) is 11.6. The fourth-order valence-electron chi connectivity index (χ4n) is 8.21. The predicted molar refractivity (Wildman–Crippen MR) is 240 cm³/mol. The Morgan fingerprint density at radius 3 is 1.67 bits per heavy atom. The first-order valence-electron chi connectivity index (χ1n) is 20.4. The summed E-state index contributed by atoms with van der Waals surface area (Å²) in [6.45, 7) is 1.39. The Labute approximate surface area is 357 Å². The van der Waals surface area contributed by atoms with Gasteiger partial charge in [-0.25, -0.2) is 15.0 Å². The summed E-state index contributed by atoms with van der Waals surface area (Å²) in [7, 11) is 0. The van der Waals surface area contributed by atoms with E-state index in [-0.39, 0.29) is 29.8 Å². The summed E-state index contributed by atoms with van der Waals surface area (Å²) in [5.41, 5.74) is 6.74. The second kappa shape index (κ2) is 17.9. The molecule has 2 fully saturated rings. The molecule has 0 radical (unpaired) electrons. The van der Waals surface area contributed by atoms with Crippen molar-refractivity contribution in [3.05, 3.63) is 179 Å². The normalized spacial score (nSPS) is 17.0. The molecule has 60 heavy (non-hydrogen) atoms. The van der Waals surface area contributed by atoms with E-state index in [0.717, 1.165) is 85.4 Å². The number of rotatable bonds is 11. The molecule has 298 valence electrons. The molecule has 7 aromatic rings. The quantitative estimate of drug-likeness (QED) is 0.121. The van der Waals surface area contributed by atoms with Crippen molar-refractivity contribution in [2.75, 3.05) is 13.1 Å². The van der Waals surface area contributed by atoms with E-state index in [9.17, 15) is 14.4 Å². The molecule has 2 aliphatic heterocycles. The van der Waals surface area contributed by atoms with Crippen LogP contribution in [0.2, 0.25) is 0 Å². The molecular formula is C50H43N5O3S2. The zero-order chi connectivity index (χ0) is 40.8. The summed E-state index contributed by atoms with van der Waals surface area (Å²) in [4.78, 5) is 60.3. The zero-order valence-corrected chi connectivity index (χ0v) is 34.6. The van der Waals surface area contributed by atoms with E-state index in [2.05, 4.69) is 53.5 Å². The minimum absolute atomic E-state index is 0.0300. The molecule has 8 nitrogen and oxygen atoms in total. The van der Waals surface area contributed by atoms with Gasteiger partial charge >= 0.3 is 0 Å². The van der Waals surface area contributed by atoms with Gasteiger partial charge in [0.15, 0.2) is 0 Å². The van der Waals surface area contributed by atoms with Crippen LogP contribution in [0, 0.1) is 0 Å². The fourth-order valence-corrected chi connectivity index (χ4v) is 10.4. The molecule has 3 atom stereocenters. The Bertz CT molecular complexity index is 2610. The molecule has 5 aromatic carbocycles. The largest absolute Gasteiger partial charge is 0.333 e. The minimum Gasteiger partial charge on any atom is -0.333 e. The molecule has 0 N–H and O–H groups in total. The molecule has 0 spiro atoms. The number of benzene rings is 5. The molecule has 3 amide bonds. The monoisotopic (exact) mass is 825 g/mol. The highest BCUT2D eigenvalue weighted by Crippen LogP contribution is 2.40. The molecule has 2 saturated heterocycles. The lowest BCUT2D eigenvalue weighted by Gasteiger charge is -2.26. The molecule has 2 aliphatic rings. The number of aliphatic imine (C=N–C) groups is 1. The highest BCUT2D eigenvalue weighted by atomic mass is 32.1. The molecule has 10 heteroatoms. The number of thiazole rings is 2. The smallest absolute Gasteiger partial charge is 0.276 e. The summed E-state index contributed by atoms with van der Waals surface area (Å²) >= 11 is 3.30. The second-order valence-corrected chi connectivity index (χ2v) is 17.3. The standard InChI is InChI=1S/C50H43N5O3S2/c56-46(30-34-12-4-1-5-13-34)54-28-10-18-42(54)48-52-32-44(59-48)38-24-20-35(21-25-38)36-22-26-39(27-23-36)45-33-53-49(60-45)43-19-11-29-55(43)50(58)41(37-14-6-2-7-15-37)31-51-47(57)40-16-8-3-9-17-40/h1-9,12-17,20-27,31-33,41-43H,10-11,18-19,28-30H2/b51-31+/t41?,42?,43-/m0/s1. The summed E-state index contributed by atoms with van der Waals surface area (Å²) in [6.07, 6.45) is 9.40. The lowest BCUT2D eigenvalue weighted by molar-refractivity contribution is -0.132. The number of hydrogen-bond donors (Lipinski definition) is 0. The number of carbonyl (C=O) groups is 3. The van der Waals surface area contributed by atoms with Crippen LogP contribution < -0.4 is 0 Å². The fraction of sp³-hybridized carbons (Fsp3) is 0.200. The summed E-state index contributed by atoms with van der Waals surface area (Å²) in [6, 6.07) is 45.4. The van der Waals surface area contributed by atoms with Crippen molar-refractivity contribution in [1.29, 1.82) is 0 Å². The van der Waals surface area contributed by atoms with E-state index >= 15 is 0 Å². The van der Waals surface area contributed by atoms with E-state index in [1.807, 2.05) is 88.9 Å². The molecule has 9 rings (SSSR count). The lowest BCUT2D eigenvalue weighted by Crippen LogP contribution is -2.35. The molecule has 4 heterocycles. The van der Waals surface area contributed by atoms with Crippen molar-refractivity contribution in [3.8, 4) is 32.0 Å². The predicted octanol–water partition coefficient (Wildman–Crippen LogP) is 10.9. The Morgan fingerprint density at radius 1 is 0.617 bits per heavy atom. The van der Waals surface area contributed by atoms with Gasteiger partial charge in [0.1, 0.15) is 10.0 Å². The molecule has 2 unspecified atom stereocenters. The number of aromatic nitrogens is 2. The minimum atomic E-state index is -0.690. The van der Waals surface area contributed by atoms with Crippen molar-refractivity contribution in [2.24, 2.45) is 4.99 Å². The maximum absolute atomic E-state index is 14.3. The first-order chi connectivity index (χ1) is 29.5. The van der Waals surface area contributed by atoms with Gasteiger partial charge < -0.3 is 9.80 Å². The summed E-state index contributed by atoms with van der Waals surface area (Å²) in [5.74, 6) is -0.984. The van der Waals surface area contributed by atoms with E-state index in [1.54, 1.807) is 46.9 Å². The van der Waals surface area contributed by atoms with Crippen LogP contribution in [0.3, 0.4) is 0 Å². The van der Waals surface area contributed by atoms with Gasteiger partial charge in [-0.15, -0.1) is 22.7 Å². The first kappa shape index (κ1) is 39.1. The van der Waals surface area contributed by atoms with Gasteiger partial charge in [0.05, 0.1) is 34.2 Å². The van der Waals surface area contributed by atoms with Gasteiger partial charge in [-0.1, -0.05) is 127 Å². The summed E-state index contributed by atoms with van der Waals surface area (Å²) in [5, 5.41) is 1.91. The number of amides is 3. The zero-order valence-electron chi connectivity index (χ0n) is 33.0. The van der Waals surface area contributed by atoms with Crippen molar-refractivity contribution >= 4 is 46.6 Å². The topological polar surface area (TPSA) is 95.8 Å². The third-order valence-electron chi connectivity index (χ3n) is 11.4. The average Bonchev–Trinajstić information content (AvgIpc) is 4.15. The molecule has 0 bridgehead atoms. The van der Waals surface area contributed by atoms with Crippen LogP contribution in [0.15, 0.2) is 157 Å². The average molecular weight is 826 g/mol. The number of nitrogens with zero attached hydrogens (tertiary/aromatic N) is 5. The SMILES string of the molecule is O=C(/N=C/C(C(=O)N1CCC[C@H]1c1ncc(-c2ccc(-c3ccc(-c4cnc(C5CCCN5C(=O)Cc5ccccc5)s4)cc3)cc2)s1)c1ccccc1)c1ccccc1. The van der Waals surface area contributed by atoms with Crippen LogP contribution in [0.25, 0.3) is 32.0 Å². The number of carbonyl (C=O) groups excluding carboxylic acids is 3. The Morgan fingerprint density at radius 2 is 1.10 bits per heavy atom. The Hall–Kier alpha value is -6.36. The van der Waals surface area contributed by atoms with Crippen LogP contribution in [-0.4, -0.2) is 56.8 Å². The highest BCUT2D eigenvalue weighted by molar-refractivity contribution is 7.15. The van der Waals surface area contributed by atoms with Crippen LogP contribution in [0.5, 0.6) is 0 Å². The maximum Gasteiger partial charge on any atom is 0.276 e. The molecular weight excluding hydrogens is 783 g/mol. The van der Waals surface area contributed by atoms with E-state index < -0.39 is 5.92 Å². The third kappa shape index (κ3) is 8.52. The van der Waals surface area contributed by atoms with Crippen molar-refractivity contribution < 1.29 is 14.4 Å².